The van der Waals surface area contributed by atoms with E-state index in [2.05, 4.69) is 4.31 Å². The number of hydrogen-bond acceptors (Lipinski definition) is 6. The molecule has 9 nitrogen and oxygen atoms in total. The van der Waals surface area contributed by atoms with Crippen LogP contribution in [0, 0.1) is 0 Å². The number of hydrogen-bond donors (Lipinski definition) is 3. The maximum absolute atomic E-state index is 10.2. The van der Waals surface area contributed by atoms with Gasteiger partial charge in [-0.05, 0) is 12.1 Å². The largest absolute Gasteiger partial charge is 1.00 e. The van der Waals surface area contributed by atoms with Crippen molar-refractivity contribution in [3.63, 3.8) is 0 Å². The van der Waals surface area contributed by atoms with Crippen molar-refractivity contribution in [1.29, 1.82) is 0 Å². The Bertz CT molecular complexity index is 462. The molecule has 20 heavy (non-hydrogen) atoms. The number of benzene rings is 1. The van der Waals surface area contributed by atoms with Crippen LogP contribution in [0.3, 0.4) is 0 Å². The second-order valence-electron chi connectivity index (χ2n) is 2.69. The molecule has 1 aromatic rings. The summed E-state index contributed by atoms with van der Waals surface area (Å²) in [7, 11) is -10.7. The van der Waals surface area contributed by atoms with E-state index in [1.54, 1.807) is 30.3 Å². The van der Waals surface area contributed by atoms with Crippen molar-refractivity contribution in [3.8, 4) is 0 Å². The minimum Gasteiger partial charge on any atom is -0.789 e. The van der Waals surface area contributed by atoms with E-state index in [4.69, 9.17) is 14.9 Å². The normalized spacial score (nSPS) is 10.2. The Hall–Kier alpha value is 0.950. The van der Waals surface area contributed by atoms with E-state index in [9.17, 15) is 23.7 Å². The Morgan fingerprint density at radius 1 is 1.05 bits per heavy atom. The van der Waals surface area contributed by atoms with Crippen LogP contribution in [-0.2, 0) is 13.4 Å². The minimum atomic E-state index is -5.55. The van der Waals surface area contributed by atoms with Gasteiger partial charge >= 0.3 is 72.9 Å². The fraction of sp³-hybridized carbons (Fsp3) is 0. The van der Waals surface area contributed by atoms with E-state index >= 15 is 0 Å². The maximum atomic E-state index is 10.2. The van der Waals surface area contributed by atoms with E-state index in [-0.39, 0.29) is 59.1 Å². The molecule has 0 saturated carbocycles. The average molecular weight is 344 g/mol. The van der Waals surface area contributed by atoms with Crippen molar-refractivity contribution < 1.29 is 102 Å². The van der Waals surface area contributed by atoms with Gasteiger partial charge in [0, 0.05) is 0 Å². The van der Waals surface area contributed by atoms with Crippen molar-refractivity contribution in [2.45, 2.75) is 0 Å². The predicted octanol–water partition coefficient (Wildman–Crippen LogP) is -6.68. The molecule has 3 N–H and O–H groups in total. The van der Waals surface area contributed by atoms with Crippen molar-refractivity contribution in [3.05, 3.63) is 35.9 Å². The Kier molecular flexibility index (Phi) is 14.9. The fourth-order valence-corrected chi connectivity index (χ4v) is 1.75. The molecule has 0 aromatic heterocycles. The summed E-state index contributed by atoms with van der Waals surface area (Å²) in [6.07, 6.45) is 0. The molecule has 0 atom stereocenters. The van der Waals surface area contributed by atoms with Crippen molar-refractivity contribution in [2.24, 2.45) is 0 Å². The SMILES string of the molecule is O=C(O)c1ccccc1.O=P([O-])([O-])OP(=O)(O)O.[Na+].[Na+]. The van der Waals surface area contributed by atoms with Crippen LogP contribution in [0.25, 0.3) is 0 Å². The van der Waals surface area contributed by atoms with Gasteiger partial charge < -0.3 is 29.2 Å². The summed E-state index contributed by atoms with van der Waals surface area (Å²) in [4.78, 5) is 44.4. The second kappa shape index (κ2) is 11.5. The molecule has 0 saturated heterocycles. The van der Waals surface area contributed by atoms with Crippen LogP contribution in [0.4, 0.5) is 0 Å². The Balaban J connectivity index is -0.000000263. The van der Waals surface area contributed by atoms with E-state index in [1.807, 2.05) is 0 Å². The number of carboxylic acids is 1. The third-order valence-corrected chi connectivity index (χ3v) is 2.88. The van der Waals surface area contributed by atoms with E-state index in [0.29, 0.717) is 5.56 Å². The smallest absolute Gasteiger partial charge is 0.789 e. The molecule has 13 heteroatoms. The second-order valence-corrected chi connectivity index (χ2v) is 5.22. The zero-order valence-corrected chi connectivity index (χ0v) is 16.4. The van der Waals surface area contributed by atoms with Crippen LogP contribution in [0.5, 0.6) is 0 Å². The number of rotatable bonds is 3. The number of phosphoric acid groups is 2. The van der Waals surface area contributed by atoms with Crippen molar-refractivity contribution in [1.82, 2.24) is 0 Å². The molecule has 0 aliphatic rings. The molecule has 1 aromatic carbocycles. The van der Waals surface area contributed by atoms with Crippen LogP contribution in [0.2, 0.25) is 0 Å². The summed E-state index contributed by atoms with van der Waals surface area (Å²) in [6.45, 7) is 0. The standard InChI is InChI=1S/C7H6O2.2Na.H4O7P2/c8-7(9)6-4-2-1-3-5-6;;;1-8(2,3)7-9(4,5)6/h1-5H,(H,8,9);;;(H2,1,2,3)(H2,4,5,6)/q;2*+1;/p-2. The van der Waals surface area contributed by atoms with E-state index in [0.717, 1.165) is 0 Å². The summed E-state index contributed by atoms with van der Waals surface area (Å²) in [6, 6.07) is 8.30. The van der Waals surface area contributed by atoms with Gasteiger partial charge in [-0.2, -0.15) is 0 Å². The zero-order valence-electron chi connectivity index (χ0n) is 10.6. The van der Waals surface area contributed by atoms with Crippen molar-refractivity contribution >= 4 is 21.6 Å². The third-order valence-electron chi connectivity index (χ3n) is 1.23. The van der Waals surface area contributed by atoms with Crippen LogP contribution < -0.4 is 68.9 Å². The zero-order chi connectivity index (χ0) is 14.4. The van der Waals surface area contributed by atoms with Gasteiger partial charge in [-0.25, -0.2) is 9.36 Å². The Morgan fingerprint density at radius 2 is 1.45 bits per heavy atom. The number of aromatic carboxylic acids is 1. The first-order valence-electron chi connectivity index (χ1n) is 4.08. The summed E-state index contributed by atoms with van der Waals surface area (Å²) in [5.74, 6) is -0.879. The predicted molar refractivity (Wildman–Crippen MR) is 54.1 cm³/mol. The van der Waals surface area contributed by atoms with E-state index < -0.39 is 21.6 Å². The van der Waals surface area contributed by atoms with Crippen LogP contribution in [-0.4, -0.2) is 20.9 Å². The number of carbonyl (C=O) groups is 1. The van der Waals surface area contributed by atoms with Gasteiger partial charge in [0.1, 0.15) is 0 Å². The van der Waals surface area contributed by atoms with Gasteiger partial charge in [0.25, 0.3) is 0 Å². The molecule has 102 valence electrons. The van der Waals surface area contributed by atoms with Gasteiger partial charge in [-0.3, -0.25) is 4.31 Å². The molecule has 0 radical (unpaired) electrons. The molecule has 0 heterocycles. The molecule has 0 bridgehead atoms. The summed E-state index contributed by atoms with van der Waals surface area (Å²) >= 11 is 0. The third kappa shape index (κ3) is 17.0. The molecular weight excluding hydrogens is 336 g/mol. The fourth-order valence-electron chi connectivity index (χ4n) is 0.711. The molecule has 0 aliphatic carbocycles. The quantitative estimate of drug-likeness (QED) is 0.356. The topological polar surface area (TPSA) is 167 Å². The Morgan fingerprint density at radius 3 is 1.60 bits per heavy atom. The molecule has 0 unspecified atom stereocenters. The van der Waals surface area contributed by atoms with Gasteiger partial charge in [0.2, 0.25) is 0 Å². The molecular formula is C7H8Na2O9P2. The maximum Gasteiger partial charge on any atom is 1.00 e. The molecule has 0 spiro atoms. The van der Waals surface area contributed by atoms with Crippen LogP contribution >= 0.6 is 15.6 Å². The van der Waals surface area contributed by atoms with Crippen LogP contribution in [0.1, 0.15) is 10.4 Å². The van der Waals surface area contributed by atoms with Gasteiger partial charge in [0.05, 0.1) is 13.4 Å². The van der Waals surface area contributed by atoms with E-state index in [1.165, 1.54) is 0 Å². The molecule has 1 rings (SSSR count). The van der Waals surface area contributed by atoms with Crippen LogP contribution in [0.15, 0.2) is 30.3 Å². The first-order valence-corrected chi connectivity index (χ1v) is 7.07. The van der Waals surface area contributed by atoms with Gasteiger partial charge in [-0.15, -0.1) is 0 Å². The van der Waals surface area contributed by atoms with Gasteiger partial charge in [0.15, 0.2) is 0 Å². The first kappa shape index (κ1) is 25.9. The van der Waals surface area contributed by atoms with Gasteiger partial charge in [-0.1, -0.05) is 18.2 Å². The first-order chi connectivity index (χ1) is 8.01. The average Bonchev–Trinajstić information content (AvgIpc) is 2.14. The summed E-state index contributed by atoms with van der Waals surface area (Å²) < 4.78 is 21.7. The number of carboxylic acid groups (broad SMARTS) is 1. The molecule has 0 aliphatic heterocycles. The molecule has 0 fully saturated rings. The summed E-state index contributed by atoms with van der Waals surface area (Å²) in [5.41, 5.74) is 0.331. The molecule has 0 amide bonds. The minimum absolute atomic E-state index is 0. The van der Waals surface area contributed by atoms with Crippen molar-refractivity contribution in [2.75, 3.05) is 0 Å². The summed E-state index contributed by atoms with van der Waals surface area (Å²) in [5, 5.41) is 8.38. The Labute approximate surface area is 158 Å². The monoisotopic (exact) mass is 344 g/mol.